The van der Waals surface area contributed by atoms with Crippen LogP contribution in [0.1, 0.15) is 22.6 Å². The Balaban J connectivity index is 1.64. The van der Waals surface area contributed by atoms with E-state index >= 15 is 0 Å². The van der Waals surface area contributed by atoms with Crippen LogP contribution in [-0.4, -0.2) is 21.4 Å². The van der Waals surface area contributed by atoms with Crippen molar-refractivity contribution in [2.75, 3.05) is 6.54 Å². The monoisotopic (exact) mass is 323 g/mol. The van der Waals surface area contributed by atoms with E-state index in [0.717, 1.165) is 11.3 Å². The van der Waals surface area contributed by atoms with E-state index in [1.807, 2.05) is 12.1 Å². The largest absolute Gasteiger partial charge is 0.464 e. The van der Waals surface area contributed by atoms with Crippen LogP contribution in [-0.2, 0) is 19.5 Å². The maximum Gasteiger partial charge on any atom is 0.254 e. The van der Waals surface area contributed by atoms with Gasteiger partial charge in [0.05, 0.1) is 17.3 Å². The lowest BCUT2D eigenvalue weighted by Crippen LogP contribution is -2.36. The first-order chi connectivity index (χ1) is 11.6. The Hall–Kier alpha value is -2.73. The highest BCUT2D eigenvalue weighted by Gasteiger charge is 2.21. The van der Waals surface area contributed by atoms with Gasteiger partial charge in [-0.25, -0.2) is 4.98 Å². The standard InChI is InChI=1S/C18H17N3O3/c1-11-19-15-9-21(7-6-13(15)18(23)20-11)8-12-10-24-16-5-3-2-4-14(16)17(12)22/h2-5,10H,6-9H2,1H3,(H,19,20,23). The molecule has 0 bridgehead atoms. The number of hydrogen-bond donors (Lipinski definition) is 1. The van der Waals surface area contributed by atoms with Crippen molar-refractivity contribution < 1.29 is 4.42 Å². The molecule has 0 atom stereocenters. The lowest BCUT2D eigenvalue weighted by Gasteiger charge is -2.27. The number of nitrogens with zero attached hydrogens (tertiary/aromatic N) is 2. The summed E-state index contributed by atoms with van der Waals surface area (Å²) in [5, 5.41) is 0.595. The molecule has 1 N–H and O–H groups in total. The topological polar surface area (TPSA) is 79.2 Å². The quantitative estimate of drug-likeness (QED) is 0.777. The summed E-state index contributed by atoms with van der Waals surface area (Å²) in [4.78, 5) is 33.9. The number of aromatic amines is 1. The maximum absolute atomic E-state index is 12.6. The summed E-state index contributed by atoms with van der Waals surface area (Å²) in [7, 11) is 0. The van der Waals surface area contributed by atoms with Gasteiger partial charge in [0.15, 0.2) is 5.43 Å². The lowest BCUT2D eigenvalue weighted by atomic mass is 10.1. The first-order valence-corrected chi connectivity index (χ1v) is 7.92. The van der Waals surface area contributed by atoms with Gasteiger partial charge < -0.3 is 9.40 Å². The van der Waals surface area contributed by atoms with Crippen molar-refractivity contribution in [3.05, 3.63) is 73.8 Å². The molecule has 0 aliphatic carbocycles. The molecule has 3 aromatic rings. The van der Waals surface area contributed by atoms with Crippen molar-refractivity contribution in [3.8, 4) is 0 Å². The zero-order chi connectivity index (χ0) is 16.7. The molecule has 24 heavy (non-hydrogen) atoms. The lowest BCUT2D eigenvalue weighted by molar-refractivity contribution is 0.238. The van der Waals surface area contributed by atoms with Crippen LogP contribution in [0.25, 0.3) is 11.0 Å². The van der Waals surface area contributed by atoms with Crippen LogP contribution in [0.3, 0.4) is 0 Å². The van der Waals surface area contributed by atoms with Crippen LogP contribution in [0.5, 0.6) is 0 Å². The van der Waals surface area contributed by atoms with Crippen molar-refractivity contribution in [3.63, 3.8) is 0 Å². The Morgan fingerprint density at radius 2 is 2.12 bits per heavy atom. The number of hydrogen-bond acceptors (Lipinski definition) is 5. The van der Waals surface area contributed by atoms with Gasteiger partial charge in [0.1, 0.15) is 11.4 Å². The number of fused-ring (bicyclic) bond motifs is 2. The van der Waals surface area contributed by atoms with Crippen LogP contribution in [0, 0.1) is 6.92 Å². The van der Waals surface area contributed by atoms with E-state index in [2.05, 4.69) is 14.9 Å². The molecule has 0 radical (unpaired) electrons. The molecular weight excluding hydrogens is 306 g/mol. The average molecular weight is 323 g/mol. The van der Waals surface area contributed by atoms with E-state index < -0.39 is 0 Å². The predicted octanol–water partition coefficient (Wildman–Crippen LogP) is 1.74. The third-order valence-electron chi connectivity index (χ3n) is 4.42. The molecule has 0 fully saturated rings. The molecule has 6 heteroatoms. The van der Waals surface area contributed by atoms with Gasteiger partial charge in [0.25, 0.3) is 5.56 Å². The van der Waals surface area contributed by atoms with Crippen LogP contribution in [0.15, 0.2) is 44.5 Å². The first kappa shape index (κ1) is 14.8. The number of aromatic nitrogens is 2. The minimum absolute atomic E-state index is 0.00213. The molecule has 1 aliphatic heterocycles. The summed E-state index contributed by atoms with van der Waals surface area (Å²) >= 11 is 0. The number of rotatable bonds is 2. The summed E-state index contributed by atoms with van der Waals surface area (Å²) in [6.45, 7) is 3.54. The minimum Gasteiger partial charge on any atom is -0.464 e. The van der Waals surface area contributed by atoms with Crippen LogP contribution in [0.4, 0.5) is 0 Å². The third kappa shape index (κ3) is 2.55. The predicted molar refractivity (Wildman–Crippen MR) is 89.9 cm³/mol. The molecule has 2 aromatic heterocycles. The van der Waals surface area contributed by atoms with Crippen molar-refractivity contribution in [1.29, 1.82) is 0 Å². The van der Waals surface area contributed by atoms with Crippen molar-refractivity contribution >= 4 is 11.0 Å². The second-order valence-electron chi connectivity index (χ2n) is 6.12. The number of aryl methyl sites for hydroxylation is 1. The van der Waals surface area contributed by atoms with Crippen LogP contribution >= 0.6 is 0 Å². The second-order valence-corrected chi connectivity index (χ2v) is 6.12. The van der Waals surface area contributed by atoms with Gasteiger partial charge in [-0.1, -0.05) is 12.1 Å². The van der Waals surface area contributed by atoms with Gasteiger partial charge in [0, 0.05) is 30.8 Å². The zero-order valence-corrected chi connectivity index (χ0v) is 13.3. The molecule has 3 heterocycles. The molecule has 6 nitrogen and oxygen atoms in total. The van der Waals surface area contributed by atoms with Gasteiger partial charge in [-0.15, -0.1) is 0 Å². The highest BCUT2D eigenvalue weighted by atomic mass is 16.3. The Morgan fingerprint density at radius 1 is 1.29 bits per heavy atom. The summed E-state index contributed by atoms with van der Waals surface area (Å²) in [5.41, 5.74) is 2.72. The molecule has 0 amide bonds. The second kappa shape index (κ2) is 5.72. The summed E-state index contributed by atoms with van der Waals surface area (Å²) in [6, 6.07) is 7.24. The number of H-pyrrole nitrogens is 1. The van der Waals surface area contributed by atoms with Crippen LogP contribution in [0.2, 0.25) is 0 Å². The molecular formula is C18H17N3O3. The zero-order valence-electron chi connectivity index (χ0n) is 13.3. The molecule has 1 aromatic carbocycles. The normalized spacial score (nSPS) is 14.7. The van der Waals surface area contributed by atoms with E-state index in [0.29, 0.717) is 48.4 Å². The smallest absolute Gasteiger partial charge is 0.254 e. The van der Waals surface area contributed by atoms with Crippen LogP contribution < -0.4 is 11.0 Å². The number of para-hydroxylation sites is 1. The number of benzene rings is 1. The van der Waals surface area contributed by atoms with E-state index in [9.17, 15) is 9.59 Å². The maximum atomic E-state index is 12.6. The third-order valence-corrected chi connectivity index (χ3v) is 4.42. The van der Waals surface area contributed by atoms with E-state index in [1.54, 1.807) is 19.1 Å². The van der Waals surface area contributed by atoms with Crippen molar-refractivity contribution in [1.82, 2.24) is 14.9 Å². The van der Waals surface area contributed by atoms with Gasteiger partial charge in [0.2, 0.25) is 0 Å². The van der Waals surface area contributed by atoms with E-state index in [4.69, 9.17) is 4.42 Å². The molecule has 0 spiro atoms. The summed E-state index contributed by atoms with van der Waals surface area (Å²) in [6.07, 6.45) is 2.17. The van der Waals surface area contributed by atoms with Gasteiger partial charge in [-0.05, 0) is 25.5 Å². The summed E-state index contributed by atoms with van der Waals surface area (Å²) < 4.78 is 5.58. The van der Waals surface area contributed by atoms with Gasteiger partial charge in [-0.2, -0.15) is 0 Å². The van der Waals surface area contributed by atoms with Gasteiger partial charge >= 0.3 is 0 Å². The molecule has 0 saturated heterocycles. The highest BCUT2D eigenvalue weighted by Crippen LogP contribution is 2.17. The Kier molecular flexibility index (Phi) is 3.54. The van der Waals surface area contributed by atoms with Gasteiger partial charge in [-0.3, -0.25) is 14.5 Å². The molecule has 0 unspecified atom stereocenters. The Morgan fingerprint density at radius 3 is 3.00 bits per heavy atom. The highest BCUT2D eigenvalue weighted by molar-refractivity contribution is 5.76. The molecule has 122 valence electrons. The minimum atomic E-state index is -0.0534. The fourth-order valence-electron chi connectivity index (χ4n) is 3.22. The van der Waals surface area contributed by atoms with Crippen molar-refractivity contribution in [2.24, 2.45) is 0 Å². The fraction of sp³-hybridized carbons (Fsp3) is 0.278. The van der Waals surface area contributed by atoms with E-state index in [-0.39, 0.29) is 11.0 Å². The molecule has 0 saturated carbocycles. The first-order valence-electron chi connectivity index (χ1n) is 7.92. The Labute approximate surface area is 137 Å². The molecule has 4 rings (SSSR count). The average Bonchev–Trinajstić information content (AvgIpc) is 2.57. The fourth-order valence-corrected chi connectivity index (χ4v) is 3.22. The van der Waals surface area contributed by atoms with Crippen molar-refractivity contribution in [2.45, 2.75) is 26.4 Å². The number of nitrogens with one attached hydrogen (secondary N) is 1. The molecule has 1 aliphatic rings. The Bertz CT molecular complexity index is 1040. The SMILES string of the molecule is Cc1nc2c(c(=O)[nH]1)CCN(Cc1coc3ccccc3c1=O)C2. The summed E-state index contributed by atoms with van der Waals surface area (Å²) in [5.74, 6) is 0.616. The van der Waals surface area contributed by atoms with E-state index in [1.165, 1.54) is 6.26 Å².